The van der Waals surface area contributed by atoms with Gasteiger partial charge >= 0.3 is 0 Å². The van der Waals surface area contributed by atoms with Crippen molar-refractivity contribution >= 4 is 27.4 Å². The van der Waals surface area contributed by atoms with Crippen molar-refractivity contribution in [3.63, 3.8) is 0 Å². The largest absolute Gasteiger partial charge is 0.366 e. The van der Waals surface area contributed by atoms with Crippen LogP contribution in [0.1, 0.15) is 31.2 Å². The third-order valence-corrected chi connectivity index (χ3v) is 4.10. The van der Waals surface area contributed by atoms with Gasteiger partial charge in [-0.05, 0) is 35.7 Å². The molecule has 2 rings (SSSR count). The maximum Gasteiger partial charge on any atom is 0.291 e. The van der Waals surface area contributed by atoms with Crippen LogP contribution in [-0.4, -0.2) is 15.9 Å². The average molecular weight is 300 g/mol. The van der Waals surface area contributed by atoms with Gasteiger partial charge in [0.2, 0.25) is 0 Å². The number of hydrogen-bond acceptors (Lipinski definition) is 4. The summed E-state index contributed by atoms with van der Waals surface area (Å²) in [6.45, 7) is 1.73. The Morgan fingerprint density at radius 1 is 1.53 bits per heavy atom. The third-order valence-electron chi connectivity index (χ3n) is 3.13. The van der Waals surface area contributed by atoms with Gasteiger partial charge in [0.1, 0.15) is 12.0 Å². The van der Waals surface area contributed by atoms with Crippen molar-refractivity contribution in [1.29, 1.82) is 0 Å². The summed E-state index contributed by atoms with van der Waals surface area (Å²) in [6.07, 6.45) is 6.08. The molecule has 0 bridgehead atoms. The zero-order chi connectivity index (χ0) is 12.4. The predicted octanol–water partition coefficient (Wildman–Crippen LogP) is 3.42. The van der Waals surface area contributed by atoms with Crippen molar-refractivity contribution in [2.24, 2.45) is 0 Å². The number of nitrogens with one attached hydrogen (secondary N) is 1. The van der Waals surface area contributed by atoms with Gasteiger partial charge in [-0.1, -0.05) is 12.8 Å². The van der Waals surface area contributed by atoms with Crippen LogP contribution < -0.4 is 5.32 Å². The minimum absolute atomic E-state index is 0.0499. The smallest absolute Gasteiger partial charge is 0.291 e. The van der Waals surface area contributed by atoms with Crippen LogP contribution in [0.3, 0.4) is 0 Å². The summed E-state index contributed by atoms with van der Waals surface area (Å²) in [5.41, 5.74) is 0.666. The van der Waals surface area contributed by atoms with E-state index in [1.54, 1.807) is 6.92 Å². The molecule has 0 atom stereocenters. The molecule has 6 heteroatoms. The lowest BCUT2D eigenvalue weighted by Crippen LogP contribution is -2.16. The van der Waals surface area contributed by atoms with E-state index >= 15 is 0 Å². The molecular weight excluding hydrogens is 286 g/mol. The lowest BCUT2D eigenvalue weighted by atomic mass is 10.2. The van der Waals surface area contributed by atoms with Crippen LogP contribution in [0.5, 0.6) is 0 Å². The highest BCUT2D eigenvalue weighted by atomic mass is 79.9. The molecule has 1 aromatic rings. The Morgan fingerprint density at radius 2 is 2.18 bits per heavy atom. The minimum Gasteiger partial charge on any atom is -0.366 e. The number of nitrogens with zero attached hydrogens (tertiary/aromatic N) is 2. The molecule has 0 aromatic carbocycles. The quantitative estimate of drug-likeness (QED) is 0.686. The summed E-state index contributed by atoms with van der Waals surface area (Å²) in [5, 5.41) is 14.1. The van der Waals surface area contributed by atoms with Crippen molar-refractivity contribution in [2.45, 2.75) is 38.6 Å². The molecule has 1 saturated carbocycles. The van der Waals surface area contributed by atoms with Crippen LogP contribution >= 0.6 is 15.9 Å². The highest BCUT2D eigenvalue weighted by Gasteiger charge is 2.20. The van der Waals surface area contributed by atoms with Gasteiger partial charge in [0.25, 0.3) is 5.69 Å². The second-order valence-corrected chi connectivity index (χ2v) is 5.11. The molecule has 1 aliphatic rings. The summed E-state index contributed by atoms with van der Waals surface area (Å²) in [7, 11) is 0. The van der Waals surface area contributed by atoms with Gasteiger partial charge in [0.15, 0.2) is 0 Å². The van der Waals surface area contributed by atoms with Crippen molar-refractivity contribution in [1.82, 2.24) is 4.98 Å². The number of halogens is 1. The van der Waals surface area contributed by atoms with Crippen LogP contribution in [0.15, 0.2) is 10.7 Å². The molecule has 1 fully saturated rings. The summed E-state index contributed by atoms with van der Waals surface area (Å²) in [5.74, 6) is 0.708. The van der Waals surface area contributed by atoms with E-state index in [2.05, 4.69) is 26.2 Å². The molecule has 0 radical (unpaired) electrons. The second-order valence-electron chi connectivity index (χ2n) is 4.31. The Bertz CT molecular complexity index is 445. The van der Waals surface area contributed by atoms with Crippen molar-refractivity contribution in [2.75, 3.05) is 5.32 Å². The van der Waals surface area contributed by atoms with Gasteiger partial charge < -0.3 is 5.32 Å². The highest BCUT2D eigenvalue weighted by molar-refractivity contribution is 9.10. The molecule has 5 nitrogen and oxygen atoms in total. The molecule has 0 amide bonds. The Kier molecular flexibility index (Phi) is 3.61. The number of hydrogen-bond donors (Lipinski definition) is 1. The maximum absolute atomic E-state index is 10.8. The highest BCUT2D eigenvalue weighted by Crippen LogP contribution is 2.32. The molecule has 0 unspecified atom stereocenters. The first kappa shape index (κ1) is 12.3. The summed E-state index contributed by atoms with van der Waals surface area (Å²) < 4.78 is 0.693. The average Bonchev–Trinajstić information content (AvgIpc) is 2.77. The van der Waals surface area contributed by atoms with E-state index in [4.69, 9.17) is 0 Å². The zero-order valence-electron chi connectivity index (χ0n) is 9.57. The number of nitro groups is 1. The molecule has 0 spiro atoms. The molecule has 92 valence electrons. The van der Waals surface area contributed by atoms with Crippen LogP contribution in [0.4, 0.5) is 11.5 Å². The fourth-order valence-corrected chi connectivity index (χ4v) is 2.54. The van der Waals surface area contributed by atoms with E-state index in [9.17, 15) is 10.1 Å². The molecular formula is C11H14BrN3O2. The van der Waals surface area contributed by atoms with Crippen molar-refractivity contribution < 1.29 is 4.92 Å². The van der Waals surface area contributed by atoms with E-state index in [1.807, 2.05) is 0 Å². The zero-order valence-corrected chi connectivity index (χ0v) is 11.2. The molecule has 1 aromatic heterocycles. The van der Waals surface area contributed by atoms with Gasteiger partial charge in [-0.2, -0.15) is 0 Å². The number of rotatable bonds is 3. The Balaban J connectivity index is 2.23. The van der Waals surface area contributed by atoms with E-state index in [-0.39, 0.29) is 5.69 Å². The van der Waals surface area contributed by atoms with Crippen molar-refractivity contribution in [3.8, 4) is 0 Å². The molecule has 17 heavy (non-hydrogen) atoms. The Labute approximate surface area is 108 Å². The summed E-state index contributed by atoms with van der Waals surface area (Å²) in [4.78, 5) is 14.5. The first-order valence-electron chi connectivity index (χ1n) is 5.65. The van der Waals surface area contributed by atoms with Gasteiger partial charge in [-0.15, -0.1) is 0 Å². The Hall–Kier alpha value is -1.17. The fourth-order valence-electron chi connectivity index (χ4n) is 2.12. The molecule has 1 N–H and O–H groups in total. The molecule has 1 heterocycles. The fraction of sp³-hybridized carbons (Fsp3) is 0.545. The number of pyridine rings is 1. The second kappa shape index (κ2) is 5.00. The first-order chi connectivity index (χ1) is 8.09. The van der Waals surface area contributed by atoms with E-state index in [0.717, 1.165) is 12.8 Å². The standard InChI is InChI=1S/C11H14BrN3O2/c1-7-9(15(16)17)6-13-11(10(7)12)14-8-4-2-3-5-8/h6,8H,2-5H2,1H3,(H,13,14). The van der Waals surface area contributed by atoms with Crippen LogP contribution in [0.25, 0.3) is 0 Å². The van der Waals surface area contributed by atoms with Gasteiger partial charge in [-0.3, -0.25) is 10.1 Å². The normalized spacial score (nSPS) is 16.1. The SMILES string of the molecule is Cc1c([N+](=O)[O-])cnc(NC2CCCC2)c1Br. The first-order valence-corrected chi connectivity index (χ1v) is 6.45. The predicted molar refractivity (Wildman–Crippen MR) is 69.2 cm³/mol. The van der Waals surface area contributed by atoms with Crippen molar-refractivity contribution in [3.05, 3.63) is 26.3 Å². The molecule has 0 aliphatic heterocycles. The van der Waals surface area contributed by atoms with Gasteiger partial charge in [0.05, 0.1) is 9.40 Å². The summed E-state index contributed by atoms with van der Waals surface area (Å²) >= 11 is 3.38. The molecule has 1 aliphatic carbocycles. The monoisotopic (exact) mass is 299 g/mol. The lowest BCUT2D eigenvalue weighted by molar-refractivity contribution is -0.385. The van der Waals surface area contributed by atoms with Crippen LogP contribution in [0.2, 0.25) is 0 Å². The maximum atomic E-state index is 10.8. The lowest BCUT2D eigenvalue weighted by Gasteiger charge is -2.14. The van der Waals surface area contributed by atoms with Crippen LogP contribution in [0, 0.1) is 17.0 Å². The minimum atomic E-state index is -0.410. The van der Waals surface area contributed by atoms with Crippen LogP contribution in [-0.2, 0) is 0 Å². The Morgan fingerprint density at radius 3 is 2.76 bits per heavy atom. The third kappa shape index (κ3) is 2.57. The molecule has 0 saturated heterocycles. The van der Waals surface area contributed by atoms with Gasteiger partial charge in [-0.25, -0.2) is 4.98 Å². The van der Waals surface area contributed by atoms with E-state index in [1.165, 1.54) is 19.0 Å². The van der Waals surface area contributed by atoms with Gasteiger partial charge in [0, 0.05) is 11.6 Å². The van der Waals surface area contributed by atoms with E-state index < -0.39 is 4.92 Å². The van der Waals surface area contributed by atoms with E-state index in [0.29, 0.717) is 21.9 Å². The number of anilines is 1. The number of aromatic nitrogens is 1. The summed E-state index contributed by atoms with van der Waals surface area (Å²) in [6, 6.07) is 0.444. The topological polar surface area (TPSA) is 68.1 Å².